The zero-order valence-corrected chi connectivity index (χ0v) is 16.5. The Balaban J connectivity index is 1.98. The van der Waals surface area contributed by atoms with E-state index in [1.807, 2.05) is 52.0 Å². The van der Waals surface area contributed by atoms with Crippen molar-refractivity contribution in [2.45, 2.75) is 45.4 Å². The van der Waals surface area contributed by atoms with Gasteiger partial charge in [0.1, 0.15) is 0 Å². The molecule has 0 spiro atoms. The predicted octanol–water partition coefficient (Wildman–Crippen LogP) is 4.37. The Hall–Kier alpha value is -3.06. The van der Waals surface area contributed by atoms with Crippen molar-refractivity contribution in [1.29, 1.82) is 0 Å². The van der Waals surface area contributed by atoms with Gasteiger partial charge in [-0.1, -0.05) is 36.4 Å². The maximum atomic E-state index is 13.2. The number of amides is 4. The van der Waals surface area contributed by atoms with E-state index < -0.39 is 17.7 Å². The van der Waals surface area contributed by atoms with Gasteiger partial charge in [-0.15, -0.1) is 0 Å². The van der Waals surface area contributed by atoms with E-state index in [2.05, 4.69) is 5.32 Å². The summed E-state index contributed by atoms with van der Waals surface area (Å²) in [5.74, 6) is 0. The van der Waals surface area contributed by atoms with Crippen LogP contribution in [0.25, 0.3) is 0 Å². The topological polar surface area (TPSA) is 76.1 Å². The Kier molecular flexibility index (Phi) is 5.29. The van der Waals surface area contributed by atoms with E-state index in [1.54, 1.807) is 41.3 Å². The van der Waals surface area contributed by atoms with Crippen molar-refractivity contribution in [1.82, 2.24) is 9.96 Å². The van der Waals surface area contributed by atoms with Crippen molar-refractivity contribution in [3.63, 3.8) is 0 Å². The van der Waals surface area contributed by atoms with Gasteiger partial charge < -0.3 is 10.2 Å². The van der Waals surface area contributed by atoms with Crippen LogP contribution in [0.5, 0.6) is 0 Å². The summed E-state index contributed by atoms with van der Waals surface area (Å²) in [4.78, 5) is 29.1. The number of carbonyl (C=O) groups excluding carboxylic acids is 2. The minimum absolute atomic E-state index is 0.107. The normalized spacial score (nSPS) is 18.5. The molecule has 1 heterocycles. The average molecular weight is 382 g/mol. The molecule has 2 aromatic rings. The van der Waals surface area contributed by atoms with Gasteiger partial charge in [0.15, 0.2) is 6.17 Å². The molecular formula is C21H26N4O3. The van der Waals surface area contributed by atoms with Crippen molar-refractivity contribution in [3.8, 4) is 0 Å². The molecule has 148 valence electrons. The van der Waals surface area contributed by atoms with Crippen LogP contribution in [0.4, 0.5) is 21.0 Å². The van der Waals surface area contributed by atoms with Gasteiger partial charge >= 0.3 is 12.1 Å². The predicted molar refractivity (Wildman–Crippen MR) is 108 cm³/mol. The van der Waals surface area contributed by atoms with Crippen molar-refractivity contribution in [2.75, 3.05) is 10.2 Å². The number of hydrogen-bond donors (Lipinski definition) is 2. The van der Waals surface area contributed by atoms with E-state index in [0.29, 0.717) is 16.4 Å². The number of hydroxylamine groups is 2. The molecule has 1 fully saturated rings. The third-order valence-corrected chi connectivity index (χ3v) is 4.93. The van der Waals surface area contributed by atoms with Crippen molar-refractivity contribution >= 4 is 23.4 Å². The maximum Gasteiger partial charge on any atom is 0.347 e. The zero-order valence-electron chi connectivity index (χ0n) is 16.5. The smallest absolute Gasteiger partial charge is 0.313 e. The summed E-state index contributed by atoms with van der Waals surface area (Å²) in [6.45, 7) is 7.52. The molecule has 1 atom stereocenters. The quantitative estimate of drug-likeness (QED) is 0.609. The lowest BCUT2D eigenvalue weighted by Crippen LogP contribution is -2.58. The fourth-order valence-electron chi connectivity index (χ4n) is 3.86. The van der Waals surface area contributed by atoms with E-state index >= 15 is 0 Å². The van der Waals surface area contributed by atoms with E-state index in [9.17, 15) is 14.8 Å². The van der Waals surface area contributed by atoms with Gasteiger partial charge in [-0.2, -0.15) is 5.06 Å². The summed E-state index contributed by atoms with van der Waals surface area (Å²) in [6.07, 6.45) is -0.909. The van der Waals surface area contributed by atoms with Crippen LogP contribution in [0, 0.1) is 0 Å². The van der Waals surface area contributed by atoms with Crippen LogP contribution in [0.3, 0.4) is 0 Å². The summed E-state index contributed by atoms with van der Waals surface area (Å²) in [7, 11) is 0. The van der Waals surface area contributed by atoms with Crippen LogP contribution in [0.2, 0.25) is 0 Å². The number of benzene rings is 2. The standard InChI is InChI=1S/C21H26N4O3/c1-15(2)24-20(27)23(17-13-9-6-10-14-17)18(21(24,3)4)25(28)19(26)22-16-11-7-5-8-12-16/h5-15,18,28H,1-4H3,(H,22,26). The SMILES string of the molecule is CC(C)N1C(=O)N(c2ccccc2)C(N(O)C(=O)Nc2ccccc2)C1(C)C. The summed E-state index contributed by atoms with van der Waals surface area (Å²) >= 11 is 0. The number of rotatable bonds is 4. The van der Waals surface area contributed by atoms with Gasteiger partial charge in [-0.3, -0.25) is 10.1 Å². The third-order valence-electron chi connectivity index (χ3n) is 4.93. The largest absolute Gasteiger partial charge is 0.347 e. The molecule has 0 saturated carbocycles. The van der Waals surface area contributed by atoms with Crippen LogP contribution in [-0.4, -0.2) is 45.0 Å². The molecule has 4 amide bonds. The molecule has 1 saturated heterocycles. The highest BCUT2D eigenvalue weighted by Gasteiger charge is 2.56. The molecule has 7 heteroatoms. The molecule has 3 rings (SSSR count). The van der Waals surface area contributed by atoms with Crippen molar-refractivity contribution in [3.05, 3.63) is 60.7 Å². The summed E-state index contributed by atoms with van der Waals surface area (Å²) in [5.41, 5.74) is 0.338. The Labute approximate surface area is 165 Å². The molecule has 1 aliphatic rings. The first-order valence-corrected chi connectivity index (χ1v) is 9.27. The van der Waals surface area contributed by atoms with E-state index in [1.165, 1.54) is 4.90 Å². The molecule has 0 bridgehead atoms. The van der Waals surface area contributed by atoms with Crippen molar-refractivity contribution < 1.29 is 14.8 Å². The van der Waals surface area contributed by atoms with Crippen LogP contribution in [0.1, 0.15) is 27.7 Å². The first-order chi connectivity index (χ1) is 13.2. The molecule has 1 aliphatic heterocycles. The van der Waals surface area contributed by atoms with Gasteiger partial charge in [0, 0.05) is 17.4 Å². The Morgan fingerprint density at radius 1 is 1.07 bits per heavy atom. The van der Waals surface area contributed by atoms with Crippen LogP contribution in [-0.2, 0) is 0 Å². The minimum Gasteiger partial charge on any atom is -0.313 e. The lowest BCUT2D eigenvalue weighted by Gasteiger charge is -2.39. The number of urea groups is 2. The Morgan fingerprint density at radius 3 is 2.14 bits per heavy atom. The highest BCUT2D eigenvalue weighted by Crippen LogP contribution is 2.39. The molecular weight excluding hydrogens is 356 g/mol. The lowest BCUT2D eigenvalue weighted by molar-refractivity contribution is -0.0968. The van der Waals surface area contributed by atoms with Gasteiger partial charge in [0.25, 0.3) is 0 Å². The molecule has 28 heavy (non-hydrogen) atoms. The molecule has 0 radical (unpaired) electrons. The van der Waals surface area contributed by atoms with Crippen LogP contribution < -0.4 is 10.2 Å². The summed E-state index contributed by atoms with van der Waals surface area (Å²) in [5, 5.41) is 14.1. The van der Waals surface area contributed by atoms with Gasteiger partial charge in [0.05, 0.1) is 5.54 Å². The number of anilines is 2. The van der Waals surface area contributed by atoms with Crippen molar-refractivity contribution in [2.24, 2.45) is 0 Å². The molecule has 2 N–H and O–H groups in total. The van der Waals surface area contributed by atoms with Gasteiger partial charge in [-0.25, -0.2) is 9.59 Å². The molecule has 0 aromatic heterocycles. The number of hydrogen-bond acceptors (Lipinski definition) is 3. The monoisotopic (exact) mass is 382 g/mol. The zero-order chi connectivity index (χ0) is 20.5. The van der Waals surface area contributed by atoms with E-state index in [-0.39, 0.29) is 12.1 Å². The van der Waals surface area contributed by atoms with Gasteiger partial charge in [-0.05, 0) is 52.0 Å². The molecule has 7 nitrogen and oxygen atoms in total. The maximum absolute atomic E-state index is 13.2. The Morgan fingerprint density at radius 2 is 1.61 bits per heavy atom. The first kappa shape index (κ1) is 19.7. The number of para-hydroxylation sites is 2. The lowest BCUT2D eigenvalue weighted by atomic mass is 9.98. The minimum atomic E-state index is -0.909. The van der Waals surface area contributed by atoms with E-state index in [4.69, 9.17) is 0 Å². The first-order valence-electron chi connectivity index (χ1n) is 9.27. The second-order valence-corrected chi connectivity index (χ2v) is 7.62. The second-order valence-electron chi connectivity index (χ2n) is 7.62. The second kappa shape index (κ2) is 7.52. The highest BCUT2D eigenvalue weighted by molar-refractivity contribution is 5.98. The van der Waals surface area contributed by atoms with Gasteiger partial charge in [0.2, 0.25) is 0 Å². The fourth-order valence-corrected chi connectivity index (χ4v) is 3.86. The Bertz CT molecular complexity index is 839. The third kappa shape index (κ3) is 3.41. The van der Waals surface area contributed by atoms with Crippen LogP contribution >= 0.6 is 0 Å². The molecule has 1 unspecified atom stereocenters. The highest BCUT2D eigenvalue weighted by atomic mass is 16.5. The number of nitrogens with one attached hydrogen (secondary N) is 1. The number of nitrogens with zero attached hydrogens (tertiary/aromatic N) is 3. The van der Waals surface area contributed by atoms with Crippen LogP contribution in [0.15, 0.2) is 60.7 Å². The average Bonchev–Trinajstić information content (AvgIpc) is 2.87. The molecule has 2 aromatic carbocycles. The fraction of sp³-hybridized carbons (Fsp3) is 0.333. The van der Waals surface area contributed by atoms with E-state index in [0.717, 1.165) is 0 Å². The summed E-state index contributed by atoms with van der Waals surface area (Å²) < 4.78 is 0. The summed E-state index contributed by atoms with van der Waals surface area (Å²) in [6, 6.07) is 16.8. The molecule has 0 aliphatic carbocycles. The number of carbonyl (C=O) groups is 2.